The molecule has 0 atom stereocenters. The number of rotatable bonds is 12. The van der Waals surface area contributed by atoms with E-state index in [4.69, 9.17) is 38.5 Å². The molecule has 2 aliphatic heterocycles. The van der Waals surface area contributed by atoms with Gasteiger partial charge in [0.05, 0.1) is 40.7 Å². The van der Waals surface area contributed by atoms with Crippen molar-refractivity contribution in [1.82, 2.24) is 29.4 Å². The van der Waals surface area contributed by atoms with Crippen LogP contribution < -0.4 is 11.1 Å². The minimum Gasteiger partial charge on any atom is -0.481 e. The summed E-state index contributed by atoms with van der Waals surface area (Å²) in [5.41, 5.74) is 3.90. The Labute approximate surface area is 359 Å². The first-order chi connectivity index (χ1) is 29.0. The Kier molecular flexibility index (Phi) is 14.2. The van der Waals surface area contributed by atoms with E-state index in [1.165, 1.54) is 0 Å². The van der Waals surface area contributed by atoms with Crippen LogP contribution in [0, 0.1) is 0 Å². The molecule has 4 aromatic carbocycles. The second kappa shape index (κ2) is 19.9. The number of carboxylic acids is 1. The SMILES string of the molecule is CC(=O)CCN1CCC(n2nc(Cc3ccc(Cl)cc3)c3ccccc3c2=O)CC1.O=C(O)CCN1CCC(n2nc(Cc3ccc(Cl)cc3)c3ccccc3c2=O)CC1. The van der Waals surface area contributed by atoms with E-state index in [1.807, 2.05) is 97.1 Å². The Bertz CT molecular complexity index is 2380. The number of hydrogen-bond acceptors (Lipinski definition) is 8. The van der Waals surface area contributed by atoms with Gasteiger partial charge in [-0.1, -0.05) is 83.9 Å². The number of benzene rings is 4. The smallest absolute Gasteiger partial charge is 0.304 e. The van der Waals surface area contributed by atoms with Gasteiger partial charge < -0.3 is 14.9 Å². The third-order valence-electron chi connectivity index (χ3n) is 11.6. The first-order valence-corrected chi connectivity index (χ1v) is 21.4. The first-order valence-electron chi connectivity index (χ1n) is 20.7. The molecule has 2 aliphatic rings. The molecule has 2 fully saturated rings. The van der Waals surface area contributed by atoms with Gasteiger partial charge in [0.1, 0.15) is 5.78 Å². The van der Waals surface area contributed by atoms with Crippen molar-refractivity contribution in [2.75, 3.05) is 39.3 Å². The van der Waals surface area contributed by atoms with Gasteiger partial charge in [-0.2, -0.15) is 10.2 Å². The second-order valence-electron chi connectivity index (χ2n) is 15.8. The van der Waals surface area contributed by atoms with E-state index in [9.17, 15) is 19.2 Å². The molecule has 0 radical (unpaired) electrons. The van der Waals surface area contributed by atoms with Gasteiger partial charge in [-0.3, -0.25) is 19.2 Å². The summed E-state index contributed by atoms with van der Waals surface area (Å²) >= 11 is 12.0. The van der Waals surface area contributed by atoms with E-state index in [1.54, 1.807) is 16.3 Å². The number of Topliss-reactive ketones (excluding diaryl/α,β-unsaturated/α-hetero) is 1. The van der Waals surface area contributed by atoms with Gasteiger partial charge in [0.2, 0.25) is 0 Å². The van der Waals surface area contributed by atoms with Crippen LogP contribution in [-0.2, 0) is 22.4 Å². The standard InChI is InChI=1S/C24H26ClN3O2.C23H24ClN3O3/c1-17(29)10-13-27-14-11-20(12-15-27)28-24(30)22-5-3-2-4-21(22)23(26-28)16-18-6-8-19(25)9-7-18;24-17-7-5-16(6-8-17)15-21-19-3-1-2-4-20(19)23(30)27(25-21)18-9-12-26(13-10-18)14-11-22(28)29/h2-9,20H,10-16H2,1H3;1-8,18H,9-15H2,(H,28,29). The normalized spacial score (nSPS) is 15.5. The van der Waals surface area contributed by atoms with Crippen molar-refractivity contribution in [1.29, 1.82) is 0 Å². The van der Waals surface area contributed by atoms with Crippen molar-refractivity contribution in [3.63, 3.8) is 0 Å². The predicted molar refractivity (Wildman–Crippen MR) is 237 cm³/mol. The van der Waals surface area contributed by atoms with E-state index >= 15 is 0 Å². The number of aliphatic carboxylic acids is 1. The maximum Gasteiger partial charge on any atom is 0.304 e. The summed E-state index contributed by atoms with van der Waals surface area (Å²) < 4.78 is 3.36. The summed E-state index contributed by atoms with van der Waals surface area (Å²) in [6.07, 6.45) is 5.29. The van der Waals surface area contributed by atoms with Crippen LogP contribution in [0.3, 0.4) is 0 Å². The summed E-state index contributed by atoms with van der Waals surface area (Å²) in [5.74, 6) is -0.562. The van der Waals surface area contributed by atoms with Gasteiger partial charge in [-0.15, -0.1) is 0 Å². The van der Waals surface area contributed by atoms with E-state index < -0.39 is 5.97 Å². The molecule has 312 valence electrons. The van der Waals surface area contributed by atoms with Gasteiger partial charge in [0.15, 0.2) is 0 Å². The largest absolute Gasteiger partial charge is 0.481 e. The zero-order valence-corrected chi connectivity index (χ0v) is 35.3. The lowest BCUT2D eigenvalue weighted by atomic mass is 10.0. The third kappa shape index (κ3) is 10.8. The molecule has 0 saturated carbocycles. The Balaban J connectivity index is 0.000000181. The van der Waals surface area contributed by atoms with Crippen LogP contribution in [0.2, 0.25) is 10.0 Å². The number of carbonyl (C=O) groups is 2. The van der Waals surface area contributed by atoms with Crippen molar-refractivity contribution in [2.45, 2.75) is 70.4 Å². The van der Waals surface area contributed by atoms with Crippen molar-refractivity contribution in [2.24, 2.45) is 0 Å². The molecule has 0 bridgehead atoms. The average molecular weight is 850 g/mol. The molecule has 0 amide bonds. The molecule has 2 aromatic heterocycles. The molecule has 1 N–H and O–H groups in total. The number of piperidine rings is 2. The monoisotopic (exact) mass is 848 g/mol. The topological polar surface area (TPSA) is 131 Å². The van der Waals surface area contributed by atoms with Crippen molar-refractivity contribution >= 4 is 56.5 Å². The fourth-order valence-corrected chi connectivity index (χ4v) is 8.49. The maximum absolute atomic E-state index is 13.2. The fourth-order valence-electron chi connectivity index (χ4n) is 8.24. The molecule has 0 aliphatic carbocycles. The van der Waals surface area contributed by atoms with Crippen LogP contribution in [0.5, 0.6) is 0 Å². The number of fused-ring (bicyclic) bond motifs is 2. The Morgan fingerprint density at radius 3 is 1.32 bits per heavy atom. The van der Waals surface area contributed by atoms with Crippen molar-refractivity contribution in [3.8, 4) is 0 Å². The molecule has 0 unspecified atom stereocenters. The molecule has 13 heteroatoms. The van der Waals surface area contributed by atoms with Gasteiger partial charge in [0.25, 0.3) is 11.1 Å². The molecule has 6 aromatic rings. The van der Waals surface area contributed by atoms with Crippen LogP contribution >= 0.6 is 23.2 Å². The quantitative estimate of drug-likeness (QED) is 0.130. The summed E-state index contributed by atoms with van der Waals surface area (Å²) in [7, 11) is 0. The first kappa shape index (κ1) is 42.9. The Morgan fingerprint density at radius 1 is 0.583 bits per heavy atom. The summed E-state index contributed by atoms with van der Waals surface area (Å²) in [4.78, 5) is 52.9. The zero-order chi connectivity index (χ0) is 42.2. The Morgan fingerprint density at radius 2 is 0.950 bits per heavy atom. The van der Waals surface area contributed by atoms with Crippen molar-refractivity contribution in [3.05, 3.63) is 150 Å². The van der Waals surface area contributed by atoms with E-state index in [2.05, 4.69) is 9.80 Å². The lowest BCUT2D eigenvalue weighted by Crippen LogP contribution is -2.39. The maximum atomic E-state index is 13.2. The van der Waals surface area contributed by atoms with E-state index in [-0.39, 0.29) is 35.4 Å². The number of aromatic nitrogens is 4. The van der Waals surface area contributed by atoms with Gasteiger partial charge in [-0.05, 0) is 80.1 Å². The van der Waals surface area contributed by atoms with Crippen molar-refractivity contribution < 1.29 is 14.7 Å². The Hall–Kier alpha value is -5.20. The van der Waals surface area contributed by atoms with Crippen LogP contribution in [0.1, 0.15) is 80.0 Å². The fraction of sp³-hybridized carbons (Fsp3) is 0.362. The van der Waals surface area contributed by atoms with Crippen LogP contribution in [0.25, 0.3) is 21.5 Å². The minimum absolute atomic E-state index is 0.0205. The lowest BCUT2D eigenvalue weighted by molar-refractivity contribution is -0.137. The van der Waals surface area contributed by atoms with Crippen LogP contribution in [0.4, 0.5) is 0 Å². The number of likely N-dealkylation sites (tertiary alicyclic amines) is 2. The minimum atomic E-state index is -0.781. The number of ketones is 1. The van der Waals surface area contributed by atoms with Crippen LogP contribution in [0.15, 0.2) is 107 Å². The molecule has 2 saturated heterocycles. The van der Waals surface area contributed by atoms with Gasteiger partial charge in [-0.25, -0.2) is 9.36 Å². The predicted octanol–water partition coefficient (Wildman–Crippen LogP) is 8.01. The average Bonchev–Trinajstić information content (AvgIpc) is 3.26. The number of carboxylic acid groups (broad SMARTS) is 1. The zero-order valence-electron chi connectivity index (χ0n) is 33.8. The van der Waals surface area contributed by atoms with Crippen LogP contribution in [-0.4, -0.2) is 85.5 Å². The number of halogens is 2. The molecule has 4 heterocycles. The molecule has 0 spiro atoms. The molecule has 11 nitrogen and oxygen atoms in total. The molecular weight excluding hydrogens is 799 g/mol. The molecular formula is C47H50Cl2N6O5. The summed E-state index contributed by atoms with van der Waals surface area (Å²) in [6, 6.07) is 30.9. The summed E-state index contributed by atoms with van der Waals surface area (Å²) in [6.45, 7) is 6.27. The highest BCUT2D eigenvalue weighted by atomic mass is 35.5. The van der Waals surface area contributed by atoms with Gasteiger partial charge in [0, 0.05) is 79.3 Å². The van der Waals surface area contributed by atoms with E-state index in [0.29, 0.717) is 41.2 Å². The number of carbonyl (C=O) groups excluding carboxylic acids is 1. The highest BCUT2D eigenvalue weighted by molar-refractivity contribution is 6.30. The van der Waals surface area contributed by atoms with E-state index in [0.717, 1.165) is 97.1 Å². The summed E-state index contributed by atoms with van der Waals surface area (Å²) in [5, 5.41) is 23.1. The molecule has 8 rings (SSSR count). The number of nitrogens with zero attached hydrogens (tertiary/aromatic N) is 6. The number of hydrogen-bond donors (Lipinski definition) is 1. The second-order valence-corrected chi connectivity index (χ2v) is 16.7. The van der Waals surface area contributed by atoms with Gasteiger partial charge >= 0.3 is 5.97 Å². The lowest BCUT2D eigenvalue weighted by Gasteiger charge is -2.32. The molecule has 60 heavy (non-hydrogen) atoms. The third-order valence-corrected chi connectivity index (χ3v) is 12.1. The highest BCUT2D eigenvalue weighted by Crippen LogP contribution is 2.26. The highest BCUT2D eigenvalue weighted by Gasteiger charge is 2.26.